The molecule has 2 fully saturated rings. The van der Waals surface area contributed by atoms with Gasteiger partial charge in [0.2, 0.25) is 0 Å². The van der Waals surface area contributed by atoms with Gasteiger partial charge in [-0.2, -0.15) is 0 Å². The van der Waals surface area contributed by atoms with Gasteiger partial charge < -0.3 is 19.1 Å². The fourth-order valence-corrected chi connectivity index (χ4v) is 5.05. The number of aromatic nitrogens is 2. The lowest BCUT2D eigenvalue weighted by Crippen LogP contribution is -2.55. The molecule has 0 radical (unpaired) electrons. The van der Waals surface area contributed by atoms with Crippen molar-refractivity contribution < 1.29 is 14.3 Å². The predicted octanol–water partition coefficient (Wildman–Crippen LogP) is 2.80. The van der Waals surface area contributed by atoms with Gasteiger partial charge in [0.15, 0.2) is 0 Å². The molecule has 0 spiro atoms. The first-order valence-electron chi connectivity index (χ1n) is 12.1. The monoisotopic (exact) mass is 495 g/mol. The molecular formula is C26H30ClN5O3. The molecular weight excluding hydrogens is 466 g/mol. The topological polar surface area (TPSA) is 70.9 Å². The number of benzene rings is 2. The molecule has 2 aliphatic heterocycles. The number of carbonyl (C=O) groups is 2. The first kappa shape index (κ1) is 23.8. The van der Waals surface area contributed by atoms with E-state index >= 15 is 0 Å². The van der Waals surface area contributed by atoms with Crippen molar-refractivity contribution in [1.82, 2.24) is 24.3 Å². The molecule has 0 aliphatic carbocycles. The molecule has 8 nitrogen and oxygen atoms in total. The minimum atomic E-state index is -0.420. The smallest absolute Gasteiger partial charge is 0.312 e. The Bertz CT molecular complexity index is 1200. The number of imidazole rings is 1. The van der Waals surface area contributed by atoms with Crippen molar-refractivity contribution in [3.8, 4) is 0 Å². The second-order valence-electron chi connectivity index (χ2n) is 9.08. The summed E-state index contributed by atoms with van der Waals surface area (Å²) in [5.41, 5.74) is 3.12. The zero-order valence-corrected chi connectivity index (χ0v) is 20.7. The van der Waals surface area contributed by atoms with Crippen LogP contribution in [-0.4, -0.2) is 88.5 Å². The van der Waals surface area contributed by atoms with Crippen LogP contribution in [0, 0.1) is 0 Å². The number of morpholine rings is 1. The summed E-state index contributed by atoms with van der Waals surface area (Å²) in [6, 6.07) is 16.2. The second-order valence-corrected chi connectivity index (χ2v) is 9.52. The molecule has 9 heteroatoms. The molecule has 2 saturated heterocycles. The van der Waals surface area contributed by atoms with Gasteiger partial charge in [-0.1, -0.05) is 41.9 Å². The third kappa shape index (κ3) is 5.05. The molecule has 5 rings (SSSR count). The number of piperazine rings is 1. The maximum Gasteiger partial charge on any atom is 0.312 e. The van der Waals surface area contributed by atoms with Gasteiger partial charge in [-0.05, 0) is 30.7 Å². The van der Waals surface area contributed by atoms with Crippen molar-refractivity contribution in [3.05, 3.63) is 64.9 Å². The van der Waals surface area contributed by atoms with Crippen LogP contribution in [-0.2, 0) is 20.9 Å². The van der Waals surface area contributed by atoms with Crippen molar-refractivity contribution in [2.24, 2.45) is 0 Å². The Labute approximate surface area is 210 Å². The molecule has 184 valence electrons. The van der Waals surface area contributed by atoms with Crippen LogP contribution in [0.5, 0.6) is 0 Å². The van der Waals surface area contributed by atoms with Gasteiger partial charge in [0.25, 0.3) is 0 Å². The van der Waals surface area contributed by atoms with E-state index < -0.39 is 11.8 Å². The number of carbonyl (C=O) groups excluding carboxylic acids is 2. The molecule has 3 heterocycles. The predicted molar refractivity (Wildman–Crippen MR) is 134 cm³/mol. The van der Waals surface area contributed by atoms with Gasteiger partial charge in [0.05, 0.1) is 30.3 Å². The number of nitrogens with zero attached hydrogens (tertiary/aromatic N) is 5. The third-order valence-electron chi connectivity index (χ3n) is 6.93. The van der Waals surface area contributed by atoms with Gasteiger partial charge in [0.1, 0.15) is 5.82 Å². The highest BCUT2D eigenvalue weighted by atomic mass is 35.5. The quantitative estimate of drug-likeness (QED) is 0.520. The van der Waals surface area contributed by atoms with Crippen molar-refractivity contribution in [1.29, 1.82) is 0 Å². The van der Waals surface area contributed by atoms with E-state index in [1.807, 2.05) is 36.4 Å². The van der Waals surface area contributed by atoms with Crippen molar-refractivity contribution in [2.45, 2.75) is 19.5 Å². The lowest BCUT2D eigenvalue weighted by molar-refractivity contribution is -0.155. The number of hydrogen-bond acceptors (Lipinski definition) is 5. The molecule has 3 aromatic rings. The van der Waals surface area contributed by atoms with E-state index in [1.54, 1.807) is 9.80 Å². The molecule has 2 amide bonds. The fourth-order valence-electron chi connectivity index (χ4n) is 4.89. The SMILES string of the molecule is CC(c1nc2cc(Cl)ccc2n1Cc1ccccc1)N1CCN(C(=O)C(=O)N2CCOCC2)CC1. The van der Waals surface area contributed by atoms with Gasteiger partial charge in [-0.3, -0.25) is 14.5 Å². The molecule has 0 saturated carbocycles. The van der Waals surface area contributed by atoms with E-state index in [1.165, 1.54) is 5.56 Å². The van der Waals surface area contributed by atoms with E-state index in [4.69, 9.17) is 21.3 Å². The third-order valence-corrected chi connectivity index (χ3v) is 7.16. The van der Waals surface area contributed by atoms with Gasteiger partial charge in [-0.15, -0.1) is 0 Å². The average molecular weight is 496 g/mol. The largest absolute Gasteiger partial charge is 0.378 e. The first-order valence-corrected chi connectivity index (χ1v) is 12.5. The van der Waals surface area contributed by atoms with Crippen LogP contribution in [0.1, 0.15) is 24.4 Å². The summed E-state index contributed by atoms with van der Waals surface area (Å²) in [5, 5.41) is 0.665. The van der Waals surface area contributed by atoms with E-state index in [-0.39, 0.29) is 6.04 Å². The summed E-state index contributed by atoms with van der Waals surface area (Å²) >= 11 is 6.26. The lowest BCUT2D eigenvalue weighted by atomic mass is 10.2. The molecule has 35 heavy (non-hydrogen) atoms. The zero-order valence-electron chi connectivity index (χ0n) is 19.9. The van der Waals surface area contributed by atoms with Crippen LogP contribution in [0.3, 0.4) is 0 Å². The minimum Gasteiger partial charge on any atom is -0.378 e. The molecule has 1 unspecified atom stereocenters. The highest BCUT2D eigenvalue weighted by Gasteiger charge is 2.32. The summed E-state index contributed by atoms with van der Waals surface area (Å²) in [6.07, 6.45) is 0. The van der Waals surface area contributed by atoms with Crippen LogP contribution >= 0.6 is 11.6 Å². The number of fused-ring (bicyclic) bond motifs is 1. The maximum atomic E-state index is 12.8. The Kier molecular flexibility index (Phi) is 7.04. The second kappa shape index (κ2) is 10.4. The molecule has 1 aromatic heterocycles. The molecule has 0 bridgehead atoms. The summed E-state index contributed by atoms with van der Waals surface area (Å²) in [6.45, 7) is 7.18. The maximum absolute atomic E-state index is 12.8. The van der Waals surface area contributed by atoms with Crippen LogP contribution < -0.4 is 0 Å². The number of rotatable bonds is 4. The fraction of sp³-hybridized carbons (Fsp3) is 0.423. The Morgan fingerprint density at radius 1 is 0.943 bits per heavy atom. The summed E-state index contributed by atoms with van der Waals surface area (Å²) in [7, 11) is 0. The van der Waals surface area contributed by atoms with Crippen molar-refractivity contribution >= 4 is 34.4 Å². The standard InChI is InChI=1S/C26H30ClN5O3/c1-19(29-9-11-30(12-10-29)25(33)26(34)31-13-15-35-16-14-31)24-28-22-17-21(27)7-8-23(22)32(24)18-20-5-3-2-4-6-20/h2-8,17,19H,9-16,18H2,1H3. The first-order chi connectivity index (χ1) is 17.0. The van der Waals surface area contributed by atoms with Crippen LogP contribution in [0.4, 0.5) is 0 Å². The highest BCUT2D eigenvalue weighted by Crippen LogP contribution is 2.28. The summed E-state index contributed by atoms with van der Waals surface area (Å²) in [5.74, 6) is 0.136. The van der Waals surface area contributed by atoms with Gasteiger partial charge >= 0.3 is 11.8 Å². The van der Waals surface area contributed by atoms with E-state index in [9.17, 15) is 9.59 Å². The average Bonchev–Trinajstić information content (AvgIpc) is 3.25. The summed E-state index contributed by atoms with van der Waals surface area (Å²) in [4.78, 5) is 36.0. The molecule has 0 N–H and O–H groups in total. The Hall–Kier alpha value is -2.94. The van der Waals surface area contributed by atoms with E-state index in [2.05, 4.69) is 28.5 Å². The van der Waals surface area contributed by atoms with Crippen LogP contribution in [0.2, 0.25) is 5.02 Å². The van der Waals surface area contributed by atoms with Crippen LogP contribution in [0.15, 0.2) is 48.5 Å². The number of halogens is 1. The van der Waals surface area contributed by atoms with Gasteiger partial charge in [-0.25, -0.2) is 4.98 Å². The van der Waals surface area contributed by atoms with Crippen molar-refractivity contribution in [3.63, 3.8) is 0 Å². The molecule has 2 aliphatic rings. The summed E-state index contributed by atoms with van der Waals surface area (Å²) < 4.78 is 7.55. The number of amides is 2. The molecule has 2 aromatic carbocycles. The Morgan fingerprint density at radius 2 is 1.60 bits per heavy atom. The number of hydrogen-bond donors (Lipinski definition) is 0. The van der Waals surface area contributed by atoms with Crippen molar-refractivity contribution in [2.75, 3.05) is 52.5 Å². The normalized spacial score (nSPS) is 18.1. The lowest BCUT2D eigenvalue weighted by Gasteiger charge is -2.38. The Balaban J connectivity index is 1.31. The zero-order chi connectivity index (χ0) is 24.4. The van der Waals surface area contributed by atoms with E-state index in [0.717, 1.165) is 16.9 Å². The van der Waals surface area contributed by atoms with Crippen LogP contribution in [0.25, 0.3) is 11.0 Å². The highest BCUT2D eigenvalue weighted by molar-refractivity contribution is 6.35. The van der Waals surface area contributed by atoms with Gasteiger partial charge in [0, 0.05) is 50.8 Å². The minimum absolute atomic E-state index is 0.0390. The van der Waals surface area contributed by atoms with E-state index in [0.29, 0.717) is 64.0 Å². The molecule has 1 atom stereocenters. The number of ether oxygens (including phenoxy) is 1. The Morgan fingerprint density at radius 3 is 2.29 bits per heavy atom.